The van der Waals surface area contributed by atoms with E-state index in [9.17, 15) is 10.2 Å². The minimum Gasteiger partial charge on any atom is -0.512 e. The second kappa shape index (κ2) is 6.92. The lowest BCUT2D eigenvalue weighted by Gasteiger charge is -2.24. The first-order chi connectivity index (χ1) is 12.3. The smallest absolute Gasteiger partial charge is 0.180 e. The number of thiophene rings is 1. The molecular formula is C19H22N2O4S. The van der Waals surface area contributed by atoms with Crippen molar-refractivity contribution >= 4 is 17.0 Å². The lowest BCUT2D eigenvalue weighted by molar-refractivity contribution is 0.174. The summed E-state index contributed by atoms with van der Waals surface area (Å²) < 4.78 is 11.2. The standard InChI is InChI=1S/C19H22N2O4S/c1-11(21-10-19(3,4)12(2)22)16-14(23)7-13(8-20-16)18-17-15(9-26-18)24-5-6-25-17/h7-9,21-23H,1-2,5-6,10H2,3-4H3. The summed E-state index contributed by atoms with van der Waals surface area (Å²) in [6, 6.07) is 1.63. The van der Waals surface area contributed by atoms with Crippen LogP contribution in [0.25, 0.3) is 16.1 Å². The van der Waals surface area contributed by atoms with Gasteiger partial charge in [0, 0.05) is 29.1 Å². The van der Waals surface area contributed by atoms with Gasteiger partial charge in [-0.15, -0.1) is 11.3 Å². The molecule has 3 heterocycles. The van der Waals surface area contributed by atoms with E-state index in [0.29, 0.717) is 36.9 Å². The number of aromatic hydroxyl groups is 1. The molecule has 2 aromatic rings. The number of pyridine rings is 1. The first kappa shape index (κ1) is 18.1. The maximum absolute atomic E-state index is 10.4. The number of hydrogen-bond donors (Lipinski definition) is 3. The van der Waals surface area contributed by atoms with Gasteiger partial charge in [0.15, 0.2) is 11.5 Å². The van der Waals surface area contributed by atoms with Crippen LogP contribution in [0, 0.1) is 5.41 Å². The number of aromatic nitrogens is 1. The van der Waals surface area contributed by atoms with Gasteiger partial charge in [-0.3, -0.25) is 4.98 Å². The number of nitrogens with zero attached hydrogens (tertiary/aromatic N) is 1. The minimum atomic E-state index is -0.522. The predicted molar refractivity (Wildman–Crippen MR) is 103 cm³/mol. The fourth-order valence-corrected chi connectivity index (χ4v) is 3.30. The van der Waals surface area contributed by atoms with Gasteiger partial charge in [0.1, 0.15) is 24.7 Å². The lowest BCUT2D eigenvalue weighted by atomic mass is 9.91. The second-order valence-corrected chi connectivity index (χ2v) is 7.59. The molecule has 6 nitrogen and oxygen atoms in total. The minimum absolute atomic E-state index is 0.0134. The van der Waals surface area contributed by atoms with E-state index in [-0.39, 0.29) is 11.5 Å². The second-order valence-electron chi connectivity index (χ2n) is 6.71. The topological polar surface area (TPSA) is 83.8 Å². The van der Waals surface area contributed by atoms with Crippen LogP contribution in [-0.4, -0.2) is 35.0 Å². The first-order valence-corrected chi connectivity index (χ1v) is 9.05. The van der Waals surface area contributed by atoms with Crippen molar-refractivity contribution in [2.75, 3.05) is 19.8 Å². The zero-order valence-electron chi connectivity index (χ0n) is 14.8. The summed E-state index contributed by atoms with van der Waals surface area (Å²) in [5.74, 6) is 1.50. The Morgan fingerprint density at radius 3 is 2.77 bits per heavy atom. The Morgan fingerprint density at radius 2 is 2.08 bits per heavy atom. The maximum Gasteiger partial charge on any atom is 0.180 e. The molecule has 0 fully saturated rings. The van der Waals surface area contributed by atoms with Crippen LogP contribution in [-0.2, 0) is 0 Å². The zero-order chi connectivity index (χ0) is 18.9. The molecule has 0 aliphatic carbocycles. The van der Waals surface area contributed by atoms with Gasteiger partial charge in [0.2, 0.25) is 0 Å². The van der Waals surface area contributed by atoms with Crippen LogP contribution >= 0.6 is 11.3 Å². The van der Waals surface area contributed by atoms with Crippen molar-refractivity contribution in [3.63, 3.8) is 0 Å². The highest BCUT2D eigenvalue weighted by atomic mass is 32.1. The average molecular weight is 374 g/mol. The van der Waals surface area contributed by atoms with Crippen molar-refractivity contribution < 1.29 is 19.7 Å². The van der Waals surface area contributed by atoms with Crippen LogP contribution in [0.3, 0.4) is 0 Å². The molecule has 7 heteroatoms. The summed E-state index contributed by atoms with van der Waals surface area (Å²) in [6.07, 6.45) is 1.67. The molecule has 0 atom stereocenters. The van der Waals surface area contributed by atoms with Gasteiger partial charge in [-0.1, -0.05) is 27.0 Å². The molecule has 1 aliphatic heterocycles. The molecule has 3 rings (SSSR count). The molecule has 0 aromatic carbocycles. The van der Waals surface area contributed by atoms with Crippen LogP contribution < -0.4 is 14.8 Å². The molecule has 0 unspecified atom stereocenters. The fraction of sp³-hybridized carbons (Fsp3) is 0.316. The normalized spacial score (nSPS) is 13.3. The molecule has 0 radical (unpaired) electrons. The van der Waals surface area contributed by atoms with Crippen molar-refractivity contribution in [3.05, 3.63) is 42.3 Å². The molecule has 0 amide bonds. The van der Waals surface area contributed by atoms with E-state index < -0.39 is 5.41 Å². The molecule has 1 aliphatic rings. The van der Waals surface area contributed by atoms with Crippen molar-refractivity contribution in [1.82, 2.24) is 10.3 Å². The van der Waals surface area contributed by atoms with Gasteiger partial charge in [-0.25, -0.2) is 0 Å². The largest absolute Gasteiger partial charge is 0.512 e. The van der Waals surface area contributed by atoms with Crippen LogP contribution in [0.4, 0.5) is 0 Å². The lowest BCUT2D eigenvalue weighted by Crippen LogP contribution is -2.29. The summed E-state index contributed by atoms with van der Waals surface area (Å²) in [5, 5.41) is 25.0. The third-order valence-corrected chi connectivity index (χ3v) is 5.23. The number of hydrogen-bond acceptors (Lipinski definition) is 7. The highest BCUT2D eigenvalue weighted by Crippen LogP contribution is 2.46. The summed E-state index contributed by atoms with van der Waals surface area (Å²) in [4.78, 5) is 5.21. The fourth-order valence-electron chi connectivity index (χ4n) is 2.39. The molecule has 26 heavy (non-hydrogen) atoms. The van der Waals surface area contributed by atoms with E-state index in [1.165, 1.54) is 11.3 Å². The highest BCUT2D eigenvalue weighted by Gasteiger charge is 2.23. The van der Waals surface area contributed by atoms with E-state index in [0.717, 1.165) is 16.2 Å². The molecule has 0 saturated heterocycles. The van der Waals surface area contributed by atoms with E-state index in [4.69, 9.17) is 9.47 Å². The number of fused-ring (bicyclic) bond motifs is 1. The molecule has 2 aromatic heterocycles. The van der Waals surface area contributed by atoms with Gasteiger partial charge in [-0.2, -0.15) is 0 Å². The highest BCUT2D eigenvalue weighted by molar-refractivity contribution is 7.14. The number of aliphatic hydroxyl groups is 1. The van der Waals surface area contributed by atoms with Gasteiger partial charge >= 0.3 is 0 Å². The number of rotatable bonds is 6. The summed E-state index contributed by atoms with van der Waals surface area (Å²) in [6.45, 7) is 12.7. The van der Waals surface area contributed by atoms with E-state index in [2.05, 4.69) is 23.5 Å². The number of aliphatic hydroxyl groups excluding tert-OH is 1. The quantitative estimate of drug-likeness (QED) is 0.664. The molecule has 0 spiro atoms. The Kier molecular flexibility index (Phi) is 4.82. The monoisotopic (exact) mass is 374 g/mol. The van der Waals surface area contributed by atoms with E-state index >= 15 is 0 Å². The van der Waals surface area contributed by atoms with Gasteiger partial charge in [-0.05, 0) is 6.07 Å². The molecule has 3 N–H and O–H groups in total. The van der Waals surface area contributed by atoms with Gasteiger partial charge in [0.05, 0.1) is 16.3 Å². The number of ether oxygens (including phenoxy) is 2. The van der Waals surface area contributed by atoms with E-state index in [1.807, 2.05) is 19.2 Å². The Morgan fingerprint density at radius 1 is 1.35 bits per heavy atom. The van der Waals surface area contributed by atoms with Crippen LogP contribution in [0.15, 0.2) is 36.6 Å². The number of nitrogens with one attached hydrogen (secondary N) is 1. The SMILES string of the molecule is C=C(NCC(C)(C)C(=C)O)c1ncc(-c2scc3c2OCCO3)cc1O. The van der Waals surface area contributed by atoms with Gasteiger partial charge in [0.25, 0.3) is 0 Å². The summed E-state index contributed by atoms with van der Waals surface area (Å²) in [7, 11) is 0. The summed E-state index contributed by atoms with van der Waals surface area (Å²) in [5.41, 5.74) is 1.05. The van der Waals surface area contributed by atoms with Crippen molar-refractivity contribution in [1.29, 1.82) is 0 Å². The van der Waals surface area contributed by atoms with Crippen LogP contribution in [0.5, 0.6) is 17.2 Å². The third kappa shape index (κ3) is 3.48. The zero-order valence-corrected chi connectivity index (χ0v) is 15.7. The van der Waals surface area contributed by atoms with Crippen molar-refractivity contribution in [2.45, 2.75) is 13.8 Å². The Bertz CT molecular complexity index is 857. The average Bonchev–Trinajstić information content (AvgIpc) is 3.03. The molecule has 0 saturated carbocycles. The van der Waals surface area contributed by atoms with E-state index in [1.54, 1.807) is 12.3 Å². The van der Waals surface area contributed by atoms with Crippen molar-refractivity contribution in [2.24, 2.45) is 5.41 Å². The predicted octanol–water partition coefficient (Wildman–Crippen LogP) is 3.95. The molecular weight excluding hydrogens is 352 g/mol. The van der Waals surface area contributed by atoms with Crippen LogP contribution in [0.1, 0.15) is 19.5 Å². The molecule has 0 bridgehead atoms. The Hall–Kier alpha value is -2.67. The van der Waals surface area contributed by atoms with Crippen LogP contribution in [0.2, 0.25) is 0 Å². The first-order valence-electron chi connectivity index (χ1n) is 8.17. The van der Waals surface area contributed by atoms with Crippen molar-refractivity contribution in [3.8, 4) is 27.7 Å². The Labute approximate surface area is 156 Å². The van der Waals surface area contributed by atoms with Gasteiger partial charge < -0.3 is 25.0 Å². The maximum atomic E-state index is 10.4. The Balaban J connectivity index is 1.79. The summed E-state index contributed by atoms with van der Waals surface area (Å²) >= 11 is 1.48. The third-order valence-electron chi connectivity index (χ3n) is 4.24. The molecule has 138 valence electrons.